The van der Waals surface area contributed by atoms with Gasteiger partial charge < -0.3 is 10.1 Å². The van der Waals surface area contributed by atoms with Crippen molar-refractivity contribution < 1.29 is 4.74 Å². The molecule has 0 aromatic heterocycles. The van der Waals surface area contributed by atoms with E-state index in [1.165, 1.54) is 51.5 Å². The number of likely N-dealkylation sites (N-methyl/N-ethyl adjacent to an activating group) is 1. The maximum atomic E-state index is 5.72. The number of unbranched alkanes of at least 4 members (excludes halogenated alkanes) is 6. The summed E-state index contributed by atoms with van der Waals surface area (Å²) in [6.45, 7) is 7.65. The molecule has 1 unspecified atom stereocenters. The average Bonchev–Trinajstić information content (AvgIpc) is 2.39. The fourth-order valence-corrected chi connectivity index (χ4v) is 2.63. The minimum Gasteiger partial charge on any atom is -0.374 e. The van der Waals surface area contributed by atoms with Crippen molar-refractivity contribution in [3.8, 4) is 0 Å². The molecule has 0 bridgehead atoms. The highest BCUT2D eigenvalue weighted by Gasteiger charge is 2.18. The van der Waals surface area contributed by atoms with Crippen LogP contribution in [0.2, 0.25) is 0 Å². The monoisotopic (exact) mass is 256 g/mol. The molecule has 0 aromatic carbocycles. The van der Waals surface area contributed by atoms with Crippen molar-refractivity contribution in [3.05, 3.63) is 0 Å². The van der Waals surface area contributed by atoms with Crippen molar-refractivity contribution in [2.75, 3.05) is 39.8 Å². The van der Waals surface area contributed by atoms with E-state index in [1.807, 2.05) is 7.05 Å². The first kappa shape index (κ1) is 15.9. The Morgan fingerprint density at radius 2 is 1.83 bits per heavy atom. The van der Waals surface area contributed by atoms with Crippen LogP contribution in [0.4, 0.5) is 0 Å². The van der Waals surface area contributed by atoms with Crippen LogP contribution in [0.1, 0.15) is 51.9 Å². The summed E-state index contributed by atoms with van der Waals surface area (Å²) >= 11 is 0. The second kappa shape index (κ2) is 10.8. The Kier molecular flexibility index (Phi) is 9.54. The molecule has 3 heteroatoms. The van der Waals surface area contributed by atoms with Crippen LogP contribution in [0.25, 0.3) is 0 Å². The first-order chi connectivity index (χ1) is 8.86. The quantitative estimate of drug-likeness (QED) is 0.608. The molecule has 0 amide bonds. The van der Waals surface area contributed by atoms with Crippen LogP contribution in [-0.2, 0) is 4.74 Å². The average molecular weight is 256 g/mol. The largest absolute Gasteiger partial charge is 0.374 e. The number of ether oxygens (including phenoxy) is 1. The molecule has 1 atom stereocenters. The van der Waals surface area contributed by atoms with Gasteiger partial charge in [-0.15, -0.1) is 0 Å². The summed E-state index contributed by atoms with van der Waals surface area (Å²) in [5, 5.41) is 3.20. The molecular weight excluding hydrogens is 224 g/mol. The number of rotatable bonds is 10. The number of morpholine rings is 1. The number of hydrogen-bond donors (Lipinski definition) is 1. The van der Waals surface area contributed by atoms with E-state index < -0.39 is 0 Å². The predicted octanol–water partition coefficient (Wildman–Crippen LogP) is 2.66. The lowest BCUT2D eigenvalue weighted by molar-refractivity contribution is -0.0266. The van der Waals surface area contributed by atoms with Crippen molar-refractivity contribution >= 4 is 0 Å². The zero-order chi connectivity index (χ0) is 13.1. The van der Waals surface area contributed by atoms with E-state index in [-0.39, 0.29) is 0 Å². The Balaban J connectivity index is 1.94. The van der Waals surface area contributed by atoms with Gasteiger partial charge in [0, 0.05) is 19.6 Å². The van der Waals surface area contributed by atoms with Gasteiger partial charge in [-0.1, -0.05) is 45.4 Å². The van der Waals surface area contributed by atoms with Gasteiger partial charge >= 0.3 is 0 Å². The summed E-state index contributed by atoms with van der Waals surface area (Å²) in [6.07, 6.45) is 10.2. The summed E-state index contributed by atoms with van der Waals surface area (Å²) in [5.41, 5.74) is 0. The summed E-state index contributed by atoms with van der Waals surface area (Å²) in [4.78, 5) is 2.57. The highest BCUT2D eigenvalue weighted by atomic mass is 16.5. The molecule has 0 radical (unpaired) electrons. The third kappa shape index (κ3) is 7.34. The maximum absolute atomic E-state index is 5.72. The Morgan fingerprint density at radius 3 is 2.56 bits per heavy atom. The molecule has 0 aromatic rings. The van der Waals surface area contributed by atoms with Crippen LogP contribution < -0.4 is 5.32 Å². The molecule has 3 nitrogen and oxygen atoms in total. The fraction of sp³-hybridized carbons (Fsp3) is 1.00. The molecule has 1 rings (SSSR count). The Labute approximate surface area is 113 Å². The lowest BCUT2D eigenvalue weighted by atomic mass is 10.1. The van der Waals surface area contributed by atoms with Gasteiger partial charge in [-0.3, -0.25) is 4.90 Å². The minimum atomic E-state index is 0.397. The maximum Gasteiger partial charge on any atom is 0.0826 e. The van der Waals surface area contributed by atoms with Gasteiger partial charge in [0.1, 0.15) is 0 Å². The van der Waals surface area contributed by atoms with E-state index in [1.54, 1.807) is 0 Å². The van der Waals surface area contributed by atoms with Crippen LogP contribution in [0.15, 0.2) is 0 Å². The second-order valence-electron chi connectivity index (χ2n) is 5.47. The van der Waals surface area contributed by atoms with Crippen LogP contribution in [-0.4, -0.2) is 50.8 Å². The van der Waals surface area contributed by atoms with E-state index in [0.717, 1.165) is 26.2 Å². The molecular formula is C15H32N2O. The fourth-order valence-electron chi connectivity index (χ4n) is 2.63. The summed E-state index contributed by atoms with van der Waals surface area (Å²) in [6, 6.07) is 0. The molecule has 0 spiro atoms. The normalized spacial score (nSPS) is 21.3. The van der Waals surface area contributed by atoms with E-state index in [2.05, 4.69) is 17.1 Å². The second-order valence-corrected chi connectivity index (χ2v) is 5.47. The standard InChI is InChI=1S/C15H32N2O/c1-3-4-5-6-7-8-9-10-17-11-12-18-15(14-17)13-16-2/h15-16H,3-14H2,1-2H3. The molecule has 18 heavy (non-hydrogen) atoms. The third-order valence-electron chi connectivity index (χ3n) is 3.73. The van der Waals surface area contributed by atoms with Gasteiger partial charge in [0.2, 0.25) is 0 Å². The van der Waals surface area contributed by atoms with E-state index in [4.69, 9.17) is 4.74 Å². The van der Waals surface area contributed by atoms with Gasteiger partial charge in [-0.25, -0.2) is 0 Å². The Bertz CT molecular complexity index is 185. The zero-order valence-electron chi connectivity index (χ0n) is 12.4. The lowest BCUT2D eigenvalue weighted by Gasteiger charge is -2.32. The molecule has 1 saturated heterocycles. The van der Waals surface area contributed by atoms with Crippen molar-refractivity contribution in [3.63, 3.8) is 0 Å². The minimum absolute atomic E-state index is 0.397. The molecule has 1 heterocycles. The Morgan fingerprint density at radius 1 is 1.11 bits per heavy atom. The van der Waals surface area contributed by atoms with Gasteiger partial charge in [0.15, 0.2) is 0 Å². The Hall–Kier alpha value is -0.120. The highest BCUT2D eigenvalue weighted by Crippen LogP contribution is 2.09. The van der Waals surface area contributed by atoms with Gasteiger partial charge in [-0.2, -0.15) is 0 Å². The molecule has 1 fully saturated rings. The number of hydrogen-bond acceptors (Lipinski definition) is 3. The van der Waals surface area contributed by atoms with Crippen LogP contribution >= 0.6 is 0 Å². The van der Waals surface area contributed by atoms with Gasteiger partial charge in [0.25, 0.3) is 0 Å². The molecule has 1 N–H and O–H groups in total. The zero-order valence-corrected chi connectivity index (χ0v) is 12.4. The summed E-state index contributed by atoms with van der Waals surface area (Å²) in [5.74, 6) is 0. The van der Waals surface area contributed by atoms with Crippen LogP contribution in [0, 0.1) is 0 Å². The molecule has 0 aliphatic carbocycles. The number of nitrogens with one attached hydrogen (secondary N) is 1. The van der Waals surface area contributed by atoms with Crippen molar-refractivity contribution in [1.29, 1.82) is 0 Å². The van der Waals surface area contributed by atoms with E-state index >= 15 is 0 Å². The van der Waals surface area contributed by atoms with Crippen LogP contribution in [0.5, 0.6) is 0 Å². The first-order valence-corrected chi connectivity index (χ1v) is 7.85. The molecule has 1 aliphatic rings. The summed E-state index contributed by atoms with van der Waals surface area (Å²) in [7, 11) is 2.00. The van der Waals surface area contributed by atoms with Gasteiger partial charge in [0.05, 0.1) is 12.7 Å². The molecule has 0 saturated carbocycles. The SMILES string of the molecule is CCCCCCCCCN1CCOC(CNC)C1. The van der Waals surface area contributed by atoms with Crippen molar-refractivity contribution in [2.24, 2.45) is 0 Å². The summed E-state index contributed by atoms with van der Waals surface area (Å²) < 4.78 is 5.72. The van der Waals surface area contributed by atoms with Gasteiger partial charge in [-0.05, 0) is 20.0 Å². The molecule has 108 valence electrons. The predicted molar refractivity (Wildman–Crippen MR) is 78.1 cm³/mol. The lowest BCUT2D eigenvalue weighted by Crippen LogP contribution is -2.46. The topological polar surface area (TPSA) is 24.5 Å². The first-order valence-electron chi connectivity index (χ1n) is 7.85. The van der Waals surface area contributed by atoms with E-state index in [0.29, 0.717) is 6.10 Å². The van der Waals surface area contributed by atoms with Crippen molar-refractivity contribution in [2.45, 2.75) is 58.0 Å². The van der Waals surface area contributed by atoms with Crippen molar-refractivity contribution in [1.82, 2.24) is 10.2 Å². The third-order valence-corrected chi connectivity index (χ3v) is 3.73. The highest BCUT2D eigenvalue weighted by molar-refractivity contribution is 4.72. The molecule has 1 aliphatic heterocycles. The number of nitrogens with zero attached hydrogens (tertiary/aromatic N) is 1. The smallest absolute Gasteiger partial charge is 0.0826 e. The van der Waals surface area contributed by atoms with E-state index in [9.17, 15) is 0 Å². The van der Waals surface area contributed by atoms with Crippen LogP contribution in [0.3, 0.4) is 0 Å².